The summed E-state index contributed by atoms with van der Waals surface area (Å²) in [5.41, 5.74) is 4.08. The molecule has 4 aromatic rings. The van der Waals surface area contributed by atoms with Crippen LogP contribution in [0.3, 0.4) is 0 Å². The van der Waals surface area contributed by atoms with Crippen LogP contribution in [-0.4, -0.2) is 98.9 Å². The van der Waals surface area contributed by atoms with Crippen LogP contribution in [0.15, 0.2) is 128 Å². The van der Waals surface area contributed by atoms with E-state index in [1.165, 1.54) is 5.56 Å². The molecule has 0 N–H and O–H groups in total. The Morgan fingerprint density at radius 2 is 1.50 bits per heavy atom. The van der Waals surface area contributed by atoms with Crippen LogP contribution in [0, 0.1) is 0 Å². The molecular weight excluding hydrogens is 815 g/mol. The molecule has 1 amide bonds. The van der Waals surface area contributed by atoms with Crippen LogP contribution in [-0.2, 0) is 62.3 Å². The number of carbonyl (C=O) groups is 1. The average Bonchev–Trinajstić information content (AvgIpc) is 3.67. The van der Waals surface area contributed by atoms with Gasteiger partial charge in [0.15, 0.2) is 6.29 Å². The SMILES string of the molecule is C=C[C@@H]1O[C@H](c2ccc(OC)cc2)OC[C@H]1O[C@@H](C[C@H]1O[C@H]2CC=CCO[C@@H]2[C@@H](OCc2ccccc2)[C@@H]1OCc1ccc(OC)cc1)C(=O)N1[C@@H]2c3ccccc3C[C@@H]2OC1(C)C. The van der Waals surface area contributed by atoms with Crippen molar-refractivity contribution in [2.24, 2.45) is 0 Å². The number of fused-ring (bicyclic) bond motifs is 4. The quantitative estimate of drug-likeness (QED) is 0.108. The Balaban J connectivity index is 1.06. The van der Waals surface area contributed by atoms with Crippen LogP contribution in [0.25, 0.3) is 0 Å². The molecule has 0 radical (unpaired) electrons. The number of hydrogen-bond donors (Lipinski definition) is 0. The third kappa shape index (κ3) is 9.43. The molecule has 0 unspecified atom stereocenters. The fraction of sp³-hybridized carbons (Fsp3) is 0.442. The van der Waals surface area contributed by atoms with Gasteiger partial charge < -0.3 is 52.3 Å². The van der Waals surface area contributed by atoms with Crippen molar-refractivity contribution in [1.82, 2.24) is 4.90 Å². The topological polar surface area (TPSA) is 113 Å². The highest BCUT2D eigenvalue weighted by molar-refractivity contribution is 5.83. The maximum Gasteiger partial charge on any atom is 0.254 e. The van der Waals surface area contributed by atoms with E-state index >= 15 is 4.79 Å². The number of hydrogen-bond acceptors (Lipinski definition) is 11. The van der Waals surface area contributed by atoms with Gasteiger partial charge in [-0.05, 0) is 66.8 Å². The zero-order chi connectivity index (χ0) is 44.2. The van der Waals surface area contributed by atoms with Crippen LogP contribution < -0.4 is 9.47 Å². The molecule has 4 aromatic carbocycles. The average molecular weight is 874 g/mol. The van der Waals surface area contributed by atoms with Gasteiger partial charge in [-0.15, -0.1) is 6.58 Å². The van der Waals surface area contributed by atoms with Crippen LogP contribution in [0.1, 0.15) is 66.8 Å². The predicted octanol–water partition coefficient (Wildman–Crippen LogP) is 7.99. The van der Waals surface area contributed by atoms with Gasteiger partial charge in [-0.2, -0.15) is 0 Å². The lowest BCUT2D eigenvalue weighted by Gasteiger charge is -2.47. The summed E-state index contributed by atoms with van der Waals surface area (Å²) in [6, 6.07) is 33.3. The van der Waals surface area contributed by atoms with E-state index in [0.29, 0.717) is 26.1 Å². The molecule has 0 aromatic heterocycles. The molecule has 4 heterocycles. The number of benzene rings is 4. The van der Waals surface area contributed by atoms with Crippen molar-refractivity contribution in [2.45, 2.75) is 119 Å². The van der Waals surface area contributed by atoms with Crippen molar-refractivity contribution in [3.63, 3.8) is 0 Å². The minimum atomic E-state index is -1.06. The first-order valence-corrected chi connectivity index (χ1v) is 22.3. The smallest absolute Gasteiger partial charge is 0.254 e. The summed E-state index contributed by atoms with van der Waals surface area (Å²) in [7, 11) is 3.27. The Labute approximate surface area is 375 Å². The zero-order valence-electron chi connectivity index (χ0n) is 37.0. The standard InChI is InChI=1S/C52H59NO11/c1-6-40-45(32-60-51(63-40)35-21-25-38(56-5)26-22-35)62-44(50(54)53-46-39-17-11-10-16-36(39)28-42(46)64-52(53,2)3)29-43-48(58-31-34-19-23-37(55-4)24-20-34)49(59-30-33-14-8-7-9-15-33)47-41(61-43)18-12-13-27-57-47/h6-17,19-26,40-49,51H,1,18,27-32H2,2-5H3/t40-,41-,42-,43+,44-,45+,46+,47-,48+,49+,51+/m0/s1. The van der Waals surface area contributed by atoms with Crippen LogP contribution >= 0.6 is 0 Å². The first-order chi connectivity index (χ1) is 31.2. The van der Waals surface area contributed by atoms with E-state index in [4.69, 9.17) is 47.4 Å². The third-order valence-electron chi connectivity index (χ3n) is 13.0. The second-order valence-electron chi connectivity index (χ2n) is 17.4. The molecule has 3 saturated heterocycles. The Morgan fingerprint density at radius 3 is 2.23 bits per heavy atom. The molecule has 12 nitrogen and oxygen atoms in total. The second kappa shape index (κ2) is 19.7. The Hall–Kier alpha value is -4.89. The summed E-state index contributed by atoms with van der Waals surface area (Å²) in [6.45, 7) is 9.15. The molecule has 4 aliphatic heterocycles. The van der Waals surface area contributed by atoms with Gasteiger partial charge in [0.1, 0.15) is 53.8 Å². The largest absolute Gasteiger partial charge is 0.497 e. The Morgan fingerprint density at radius 1 is 0.812 bits per heavy atom. The molecular formula is C52H59NO11. The summed E-state index contributed by atoms with van der Waals surface area (Å²) in [5.74, 6) is 1.25. The summed E-state index contributed by atoms with van der Waals surface area (Å²) in [4.78, 5) is 17.6. The second-order valence-corrected chi connectivity index (χ2v) is 17.4. The minimum Gasteiger partial charge on any atom is -0.497 e. The first-order valence-electron chi connectivity index (χ1n) is 22.3. The van der Waals surface area contributed by atoms with E-state index in [0.717, 1.165) is 33.8 Å². The molecule has 64 heavy (non-hydrogen) atoms. The lowest BCUT2D eigenvalue weighted by atomic mass is 9.89. The molecule has 9 rings (SSSR count). The van der Waals surface area contributed by atoms with Gasteiger partial charge >= 0.3 is 0 Å². The van der Waals surface area contributed by atoms with Gasteiger partial charge in [0.05, 0.1) is 65.0 Å². The summed E-state index contributed by atoms with van der Waals surface area (Å²) in [6.07, 6.45) is 1.23. The maximum atomic E-state index is 15.7. The van der Waals surface area contributed by atoms with Crippen molar-refractivity contribution in [1.29, 1.82) is 0 Å². The van der Waals surface area contributed by atoms with Gasteiger partial charge in [-0.3, -0.25) is 4.79 Å². The van der Waals surface area contributed by atoms with Crippen LogP contribution in [0.4, 0.5) is 0 Å². The van der Waals surface area contributed by atoms with Gasteiger partial charge in [-0.25, -0.2) is 0 Å². The van der Waals surface area contributed by atoms with E-state index in [-0.39, 0.29) is 43.8 Å². The summed E-state index contributed by atoms with van der Waals surface area (Å²) >= 11 is 0. The highest BCUT2D eigenvalue weighted by Crippen LogP contribution is 2.49. The predicted molar refractivity (Wildman–Crippen MR) is 237 cm³/mol. The van der Waals surface area contributed by atoms with Crippen molar-refractivity contribution >= 4 is 5.91 Å². The van der Waals surface area contributed by atoms with E-state index in [1.807, 2.05) is 116 Å². The minimum absolute atomic E-state index is 0.123. The van der Waals surface area contributed by atoms with Gasteiger partial charge in [0.25, 0.3) is 5.91 Å². The number of amides is 1. The highest BCUT2D eigenvalue weighted by Gasteiger charge is 2.56. The van der Waals surface area contributed by atoms with Crippen LogP contribution in [0.5, 0.6) is 11.5 Å². The molecule has 1 aliphatic carbocycles. The summed E-state index contributed by atoms with van der Waals surface area (Å²) < 4.78 is 64.9. The molecule has 338 valence electrons. The van der Waals surface area contributed by atoms with Crippen molar-refractivity contribution in [3.8, 4) is 11.5 Å². The number of nitrogens with zero attached hydrogens (tertiary/aromatic N) is 1. The molecule has 5 aliphatic rings. The van der Waals surface area contributed by atoms with E-state index < -0.39 is 54.7 Å². The lowest BCUT2D eigenvalue weighted by Crippen LogP contribution is -2.61. The molecule has 0 saturated carbocycles. The maximum absolute atomic E-state index is 15.7. The fourth-order valence-corrected chi connectivity index (χ4v) is 9.82. The van der Waals surface area contributed by atoms with Gasteiger partial charge in [-0.1, -0.05) is 97.1 Å². The van der Waals surface area contributed by atoms with E-state index in [2.05, 4.69) is 24.8 Å². The molecule has 11 atom stereocenters. The molecule has 3 fully saturated rings. The monoisotopic (exact) mass is 873 g/mol. The Kier molecular flexibility index (Phi) is 13.6. The highest BCUT2D eigenvalue weighted by atomic mass is 16.7. The van der Waals surface area contributed by atoms with Gasteiger partial charge in [0, 0.05) is 18.4 Å². The lowest BCUT2D eigenvalue weighted by molar-refractivity contribution is -0.276. The van der Waals surface area contributed by atoms with Crippen molar-refractivity contribution < 1.29 is 52.2 Å². The van der Waals surface area contributed by atoms with E-state index in [9.17, 15) is 0 Å². The van der Waals surface area contributed by atoms with E-state index in [1.54, 1.807) is 20.3 Å². The third-order valence-corrected chi connectivity index (χ3v) is 13.0. The number of ether oxygens (including phenoxy) is 10. The molecule has 0 bridgehead atoms. The Bertz CT molecular complexity index is 2210. The number of methoxy groups -OCH3 is 2. The number of carbonyl (C=O) groups excluding carboxylic acids is 1. The fourth-order valence-electron chi connectivity index (χ4n) is 9.82. The molecule has 12 heteroatoms. The normalized spacial score (nSPS) is 29.8. The van der Waals surface area contributed by atoms with Gasteiger partial charge in [0.2, 0.25) is 0 Å². The number of rotatable bonds is 15. The first kappa shape index (κ1) is 44.3. The molecule has 0 spiro atoms. The summed E-state index contributed by atoms with van der Waals surface area (Å²) in [5, 5.41) is 0. The zero-order valence-corrected chi connectivity index (χ0v) is 37.0. The van der Waals surface area contributed by atoms with Crippen molar-refractivity contribution in [3.05, 3.63) is 156 Å². The van der Waals surface area contributed by atoms with Crippen molar-refractivity contribution in [2.75, 3.05) is 27.4 Å². The van der Waals surface area contributed by atoms with Crippen LogP contribution in [0.2, 0.25) is 0 Å².